The Morgan fingerprint density at radius 2 is 1.90 bits per heavy atom. The third-order valence-electron chi connectivity index (χ3n) is 2.96. The first-order valence-corrected chi connectivity index (χ1v) is 6.74. The first kappa shape index (κ1) is 14.5. The van der Waals surface area contributed by atoms with Crippen molar-refractivity contribution >= 4 is 27.5 Å². The molecule has 0 aliphatic rings. The van der Waals surface area contributed by atoms with Crippen LogP contribution in [0.3, 0.4) is 0 Å². The van der Waals surface area contributed by atoms with Crippen LogP contribution in [0.4, 0.5) is 10.1 Å². The van der Waals surface area contributed by atoms with Gasteiger partial charge in [0.05, 0.1) is 5.56 Å². The maximum atomic E-state index is 13.6. The Morgan fingerprint density at radius 3 is 2.60 bits per heavy atom. The molecule has 0 radical (unpaired) electrons. The molecule has 0 atom stereocenters. The highest BCUT2D eigenvalue weighted by atomic mass is 79.9. The number of hydrogen-bond donors (Lipinski definition) is 2. The quantitative estimate of drug-likeness (QED) is 0.808. The molecule has 2 aromatic rings. The molecule has 3 nitrogen and oxygen atoms in total. The van der Waals surface area contributed by atoms with E-state index in [-0.39, 0.29) is 11.3 Å². The molecule has 0 unspecified atom stereocenters. The number of benzene rings is 2. The van der Waals surface area contributed by atoms with E-state index in [2.05, 4.69) is 21.2 Å². The molecule has 20 heavy (non-hydrogen) atoms. The molecule has 0 spiro atoms. The van der Waals surface area contributed by atoms with E-state index in [4.69, 9.17) is 0 Å². The van der Waals surface area contributed by atoms with E-state index in [1.165, 1.54) is 18.2 Å². The highest BCUT2D eigenvalue weighted by Crippen LogP contribution is 2.26. The normalized spacial score (nSPS) is 10.4. The molecule has 5 heteroatoms. The molecule has 0 aliphatic carbocycles. The lowest BCUT2D eigenvalue weighted by Gasteiger charge is -2.11. The predicted octanol–water partition coefficient (Wildman–Crippen LogP) is 4.16. The van der Waals surface area contributed by atoms with Crippen molar-refractivity contribution in [2.24, 2.45) is 0 Å². The predicted molar refractivity (Wildman–Crippen MR) is 79.6 cm³/mol. The summed E-state index contributed by atoms with van der Waals surface area (Å²) in [6.45, 7) is 3.48. The average molecular weight is 338 g/mol. The fraction of sp³-hybridized carbons (Fsp3) is 0.133. The summed E-state index contributed by atoms with van der Waals surface area (Å²) in [5.74, 6) is -0.954. The zero-order chi connectivity index (χ0) is 14.9. The van der Waals surface area contributed by atoms with Gasteiger partial charge in [-0.25, -0.2) is 4.39 Å². The number of anilines is 1. The summed E-state index contributed by atoms with van der Waals surface area (Å²) in [4.78, 5) is 12.1. The van der Waals surface area contributed by atoms with Crippen LogP contribution in [0.5, 0.6) is 5.75 Å². The van der Waals surface area contributed by atoms with Gasteiger partial charge in [-0.1, -0.05) is 15.9 Å². The van der Waals surface area contributed by atoms with Crippen LogP contribution in [0.25, 0.3) is 0 Å². The summed E-state index contributed by atoms with van der Waals surface area (Å²) < 4.78 is 14.3. The highest BCUT2D eigenvalue weighted by molar-refractivity contribution is 9.10. The van der Waals surface area contributed by atoms with Crippen molar-refractivity contribution in [1.29, 1.82) is 0 Å². The second-order valence-corrected chi connectivity index (χ2v) is 5.45. The molecule has 0 saturated carbocycles. The number of phenols is 1. The fourth-order valence-corrected chi connectivity index (χ4v) is 2.16. The zero-order valence-electron chi connectivity index (χ0n) is 11.0. The van der Waals surface area contributed by atoms with Crippen LogP contribution in [0.2, 0.25) is 0 Å². The van der Waals surface area contributed by atoms with Crippen LogP contribution < -0.4 is 5.32 Å². The van der Waals surface area contributed by atoms with Gasteiger partial charge in [0.15, 0.2) is 0 Å². The lowest BCUT2D eigenvalue weighted by molar-refractivity contribution is 0.102. The van der Waals surface area contributed by atoms with Crippen LogP contribution in [-0.4, -0.2) is 11.0 Å². The Bertz CT molecular complexity index is 686. The van der Waals surface area contributed by atoms with Crippen molar-refractivity contribution in [3.8, 4) is 5.75 Å². The number of carbonyl (C=O) groups excluding carboxylic acids is 1. The molecular weight excluding hydrogens is 325 g/mol. The molecule has 0 aliphatic heterocycles. The van der Waals surface area contributed by atoms with Gasteiger partial charge in [-0.3, -0.25) is 4.79 Å². The van der Waals surface area contributed by atoms with Crippen molar-refractivity contribution in [3.63, 3.8) is 0 Å². The molecule has 104 valence electrons. The number of amides is 1. The number of halogens is 2. The van der Waals surface area contributed by atoms with Crippen molar-refractivity contribution < 1.29 is 14.3 Å². The average Bonchev–Trinajstić information content (AvgIpc) is 2.38. The summed E-state index contributed by atoms with van der Waals surface area (Å²) >= 11 is 3.21. The van der Waals surface area contributed by atoms with E-state index < -0.39 is 11.7 Å². The topological polar surface area (TPSA) is 49.3 Å². The Morgan fingerprint density at radius 1 is 1.20 bits per heavy atom. The minimum atomic E-state index is -0.584. The minimum Gasteiger partial charge on any atom is -0.508 e. The van der Waals surface area contributed by atoms with Gasteiger partial charge in [0.25, 0.3) is 5.91 Å². The third kappa shape index (κ3) is 2.99. The molecule has 1 amide bonds. The maximum absolute atomic E-state index is 13.6. The van der Waals surface area contributed by atoms with E-state index >= 15 is 0 Å². The highest BCUT2D eigenvalue weighted by Gasteiger charge is 2.14. The lowest BCUT2D eigenvalue weighted by Crippen LogP contribution is -2.14. The van der Waals surface area contributed by atoms with Crippen LogP contribution >= 0.6 is 15.9 Å². The molecule has 2 aromatic carbocycles. The largest absolute Gasteiger partial charge is 0.508 e. The van der Waals surface area contributed by atoms with Gasteiger partial charge < -0.3 is 10.4 Å². The number of nitrogens with one attached hydrogen (secondary N) is 1. The van der Waals surface area contributed by atoms with Crippen molar-refractivity contribution in [1.82, 2.24) is 0 Å². The molecule has 0 bridgehead atoms. The van der Waals surface area contributed by atoms with Crippen molar-refractivity contribution in [2.75, 3.05) is 5.32 Å². The second-order valence-electron chi connectivity index (χ2n) is 4.53. The number of hydrogen-bond acceptors (Lipinski definition) is 2. The van der Waals surface area contributed by atoms with E-state index in [1.807, 2.05) is 0 Å². The monoisotopic (exact) mass is 337 g/mol. The Labute approximate surface area is 124 Å². The fourth-order valence-electron chi connectivity index (χ4n) is 1.80. The SMILES string of the molecule is Cc1cc(NC(=O)c2cc(Br)ccc2F)c(C)cc1O. The Balaban J connectivity index is 2.32. The molecule has 0 aromatic heterocycles. The molecule has 0 fully saturated rings. The number of carbonyl (C=O) groups is 1. The molecule has 2 N–H and O–H groups in total. The zero-order valence-corrected chi connectivity index (χ0v) is 12.6. The number of aryl methyl sites for hydroxylation is 2. The van der Waals surface area contributed by atoms with Gasteiger partial charge in [0.2, 0.25) is 0 Å². The smallest absolute Gasteiger partial charge is 0.258 e. The molecular formula is C15H13BrFNO2. The molecule has 2 rings (SSSR count). The molecule has 0 heterocycles. The van der Waals surface area contributed by atoms with E-state index in [9.17, 15) is 14.3 Å². The van der Waals surface area contributed by atoms with Crippen molar-refractivity contribution in [3.05, 3.63) is 57.3 Å². The summed E-state index contributed by atoms with van der Waals surface area (Å²) in [7, 11) is 0. The van der Waals surface area contributed by atoms with Gasteiger partial charge in [-0.05, 0) is 55.3 Å². The van der Waals surface area contributed by atoms with E-state index in [0.717, 1.165) is 0 Å². The first-order valence-electron chi connectivity index (χ1n) is 5.95. The lowest BCUT2D eigenvalue weighted by atomic mass is 10.1. The number of aromatic hydroxyl groups is 1. The maximum Gasteiger partial charge on any atom is 0.258 e. The molecule has 0 saturated heterocycles. The van der Waals surface area contributed by atoms with Gasteiger partial charge >= 0.3 is 0 Å². The van der Waals surface area contributed by atoms with Gasteiger partial charge in [-0.2, -0.15) is 0 Å². The summed E-state index contributed by atoms with van der Waals surface area (Å²) in [5.41, 5.74) is 1.85. The van der Waals surface area contributed by atoms with Gasteiger partial charge in [-0.15, -0.1) is 0 Å². The van der Waals surface area contributed by atoms with Crippen LogP contribution in [0.1, 0.15) is 21.5 Å². The van der Waals surface area contributed by atoms with E-state index in [1.54, 1.807) is 26.0 Å². The summed E-state index contributed by atoms with van der Waals surface area (Å²) in [6, 6.07) is 7.39. The number of phenolic OH excluding ortho intramolecular Hbond substituents is 1. The summed E-state index contributed by atoms with van der Waals surface area (Å²) in [5, 5.41) is 12.2. The van der Waals surface area contributed by atoms with Crippen LogP contribution in [0.15, 0.2) is 34.8 Å². The second kappa shape index (κ2) is 5.63. The summed E-state index contributed by atoms with van der Waals surface area (Å²) in [6.07, 6.45) is 0. The Hall–Kier alpha value is -1.88. The standard InChI is InChI=1S/C15H13BrFNO2/c1-8-6-14(19)9(2)5-13(8)18-15(20)11-7-10(16)3-4-12(11)17/h3-7,19H,1-2H3,(H,18,20). The third-order valence-corrected chi connectivity index (χ3v) is 3.46. The van der Waals surface area contributed by atoms with Crippen molar-refractivity contribution in [2.45, 2.75) is 13.8 Å². The van der Waals surface area contributed by atoms with Gasteiger partial charge in [0.1, 0.15) is 11.6 Å². The minimum absolute atomic E-state index is 0.0375. The first-order chi connectivity index (χ1) is 9.38. The van der Waals surface area contributed by atoms with Gasteiger partial charge in [0, 0.05) is 10.2 Å². The van der Waals surface area contributed by atoms with Crippen LogP contribution in [0, 0.1) is 19.7 Å². The van der Waals surface area contributed by atoms with E-state index in [0.29, 0.717) is 21.3 Å². The Kier molecular flexibility index (Phi) is 4.09. The van der Waals surface area contributed by atoms with Crippen LogP contribution in [-0.2, 0) is 0 Å². The number of rotatable bonds is 2.